The van der Waals surface area contributed by atoms with Crippen molar-refractivity contribution in [3.8, 4) is 0 Å². The zero-order chi connectivity index (χ0) is 13.2. The molecule has 0 amide bonds. The summed E-state index contributed by atoms with van der Waals surface area (Å²) in [6.45, 7) is 0. The molecular formula is C9H8F3NO4. The summed E-state index contributed by atoms with van der Waals surface area (Å²) in [7, 11) is 0.921. The van der Waals surface area contributed by atoms with Gasteiger partial charge in [-0.3, -0.25) is 10.4 Å². The van der Waals surface area contributed by atoms with Gasteiger partial charge in [0.1, 0.15) is 0 Å². The molecule has 94 valence electrons. The van der Waals surface area contributed by atoms with Crippen molar-refractivity contribution < 1.29 is 33.1 Å². The van der Waals surface area contributed by atoms with Crippen molar-refractivity contribution in [2.45, 2.75) is 6.18 Å². The van der Waals surface area contributed by atoms with Crippen molar-refractivity contribution in [3.63, 3.8) is 0 Å². The number of hydrogen-bond donors (Lipinski definition) is 2. The number of carbonyl (C=O) groups excluding carboxylic acids is 1. The molecule has 1 aromatic rings. The van der Waals surface area contributed by atoms with Crippen molar-refractivity contribution in [2.24, 2.45) is 0 Å². The van der Waals surface area contributed by atoms with Gasteiger partial charge in [0.05, 0.1) is 23.9 Å². The van der Waals surface area contributed by atoms with Crippen LogP contribution < -0.4 is 5.23 Å². The van der Waals surface area contributed by atoms with Gasteiger partial charge in [0.15, 0.2) is 0 Å². The van der Waals surface area contributed by atoms with E-state index in [0.29, 0.717) is 12.1 Å². The number of halogens is 3. The molecule has 0 atom stereocenters. The predicted molar refractivity (Wildman–Crippen MR) is 48.8 cm³/mol. The van der Waals surface area contributed by atoms with Crippen LogP contribution in [0.1, 0.15) is 15.9 Å². The zero-order valence-corrected chi connectivity index (χ0v) is 8.52. The third-order valence-electron chi connectivity index (χ3n) is 1.94. The molecule has 8 heteroatoms. The molecule has 0 spiro atoms. The molecule has 0 aromatic heterocycles. The molecule has 2 N–H and O–H groups in total. The van der Waals surface area contributed by atoms with Crippen LogP contribution in [0.25, 0.3) is 0 Å². The number of carbonyl (C=O) groups is 1. The highest BCUT2D eigenvalue weighted by Gasteiger charge is 2.35. The maximum absolute atomic E-state index is 12.5. The summed E-state index contributed by atoms with van der Waals surface area (Å²) in [5.41, 5.74) is -2.40. The van der Waals surface area contributed by atoms with Gasteiger partial charge in [0, 0.05) is 0 Å². The Balaban J connectivity index is 3.37. The first-order chi connectivity index (χ1) is 7.77. The minimum atomic E-state index is -4.74. The summed E-state index contributed by atoms with van der Waals surface area (Å²) in [6, 6.07) is 2.02. The lowest BCUT2D eigenvalue weighted by atomic mass is 10.1. The van der Waals surface area contributed by atoms with E-state index in [1.165, 1.54) is 0 Å². The van der Waals surface area contributed by atoms with E-state index in [9.17, 15) is 18.0 Å². The van der Waals surface area contributed by atoms with Crippen molar-refractivity contribution in [2.75, 3.05) is 12.3 Å². The lowest BCUT2D eigenvalue weighted by Crippen LogP contribution is -2.17. The van der Waals surface area contributed by atoms with Crippen LogP contribution in [0, 0.1) is 0 Å². The average Bonchev–Trinajstić information content (AvgIpc) is 2.25. The summed E-state index contributed by atoms with van der Waals surface area (Å²) in [5, 5.41) is 16.9. The number of methoxy groups -OCH3 is 1. The molecule has 1 aromatic carbocycles. The van der Waals surface area contributed by atoms with E-state index < -0.39 is 34.2 Å². The lowest BCUT2D eigenvalue weighted by molar-refractivity contribution is -0.138. The number of esters is 1. The number of rotatable bonds is 2. The van der Waals surface area contributed by atoms with E-state index in [2.05, 4.69) is 4.74 Å². The molecular weight excluding hydrogens is 243 g/mol. The van der Waals surface area contributed by atoms with Crippen LogP contribution in [-0.2, 0) is 10.9 Å². The molecule has 0 heterocycles. The van der Waals surface area contributed by atoms with Crippen molar-refractivity contribution in [3.05, 3.63) is 29.3 Å². The van der Waals surface area contributed by atoms with E-state index in [1.54, 1.807) is 0 Å². The van der Waals surface area contributed by atoms with Crippen LogP contribution in [0.5, 0.6) is 0 Å². The number of benzene rings is 1. The normalized spacial score (nSPS) is 11.2. The van der Waals surface area contributed by atoms with Crippen LogP contribution in [0.3, 0.4) is 0 Å². The smallest absolute Gasteiger partial charge is 0.417 e. The second-order valence-electron chi connectivity index (χ2n) is 3.01. The second kappa shape index (κ2) is 4.60. The fourth-order valence-electron chi connectivity index (χ4n) is 1.18. The van der Waals surface area contributed by atoms with E-state index in [1.807, 2.05) is 0 Å². The summed E-state index contributed by atoms with van der Waals surface area (Å²) in [4.78, 5) is 11.2. The van der Waals surface area contributed by atoms with E-state index in [4.69, 9.17) is 10.4 Å². The molecule has 0 aliphatic rings. The quantitative estimate of drug-likeness (QED) is 0.622. The third-order valence-corrected chi connectivity index (χ3v) is 1.94. The Morgan fingerprint density at radius 1 is 1.35 bits per heavy atom. The highest BCUT2D eigenvalue weighted by Crippen LogP contribution is 2.34. The van der Waals surface area contributed by atoms with Crippen LogP contribution >= 0.6 is 0 Å². The molecule has 0 bridgehead atoms. The third kappa shape index (κ3) is 2.86. The highest BCUT2D eigenvalue weighted by molar-refractivity contribution is 5.92. The van der Waals surface area contributed by atoms with Gasteiger partial charge in [-0.1, -0.05) is 0 Å². The molecule has 1 rings (SSSR count). The zero-order valence-electron chi connectivity index (χ0n) is 8.52. The summed E-state index contributed by atoms with van der Waals surface area (Å²) in [6.07, 6.45) is -4.74. The van der Waals surface area contributed by atoms with Gasteiger partial charge in [-0.25, -0.2) is 4.79 Å². The Kier molecular flexibility index (Phi) is 3.59. The van der Waals surface area contributed by atoms with Crippen molar-refractivity contribution >= 4 is 11.7 Å². The standard InChI is InChI=1S/C9H8F3NO4/c1-17-8(14)6-4-5(13(15)16)2-3-7(6)9(10,11)12/h2-4,15-16H,1H3. The first kappa shape index (κ1) is 13.3. The molecule has 0 fully saturated rings. The van der Waals surface area contributed by atoms with Crippen molar-refractivity contribution in [1.29, 1.82) is 0 Å². The predicted octanol–water partition coefficient (Wildman–Crippen LogP) is 2.08. The van der Waals surface area contributed by atoms with Gasteiger partial charge < -0.3 is 4.74 Å². The van der Waals surface area contributed by atoms with Crippen LogP contribution in [0.15, 0.2) is 18.2 Å². The van der Waals surface area contributed by atoms with Crippen molar-refractivity contribution in [1.82, 2.24) is 0 Å². The fourth-order valence-corrected chi connectivity index (χ4v) is 1.18. The molecule has 0 saturated carbocycles. The van der Waals surface area contributed by atoms with Gasteiger partial charge in [-0.2, -0.15) is 13.2 Å². The Hall–Kier alpha value is -1.80. The monoisotopic (exact) mass is 251 g/mol. The van der Waals surface area contributed by atoms with E-state index in [-0.39, 0.29) is 0 Å². The largest absolute Gasteiger partial charge is 0.465 e. The molecule has 0 saturated heterocycles. The first-order valence-corrected chi connectivity index (χ1v) is 4.25. The lowest BCUT2D eigenvalue weighted by Gasteiger charge is -2.14. The second-order valence-corrected chi connectivity index (χ2v) is 3.01. The molecule has 17 heavy (non-hydrogen) atoms. The maximum Gasteiger partial charge on any atom is 0.417 e. The van der Waals surface area contributed by atoms with Gasteiger partial charge in [-0.05, 0) is 18.2 Å². The highest BCUT2D eigenvalue weighted by atomic mass is 19.4. The molecule has 0 aliphatic heterocycles. The number of hydrogen-bond acceptors (Lipinski definition) is 5. The Morgan fingerprint density at radius 2 is 1.94 bits per heavy atom. The Bertz CT molecular complexity index is 431. The summed E-state index contributed by atoms with van der Waals surface area (Å²) in [5.74, 6) is -1.22. The maximum atomic E-state index is 12.5. The van der Waals surface area contributed by atoms with Gasteiger partial charge in [-0.15, -0.1) is 5.23 Å². The van der Waals surface area contributed by atoms with Crippen LogP contribution in [0.2, 0.25) is 0 Å². The molecule has 0 aliphatic carbocycles. The fraction of sp³-hybridized carbons (Fsp3) is 0.222. The summed E-state index contributed by atoms with van der Waals surface area (Å²) >= 11 is 0. The Morgan fingerprint density at radius 3 is 2.35 bits per heavy atom. The van der Waals surface area contributed by atoms with E-state index >= 15 is 0 Å². The van der Waals surface area contributed by atoms with Gasteiger partial charge >= 0.3 is 12.1 Å². The molecule has 0 radical (unpaired) electrons. The number of anilines is 1. The minimum Gasteiger partial charge on any atom is -0.465 e. The summed E-state index contributed by atoms with van der Waals surface area (Å²) < 4.78 is 41.8. The minimum absolute atomic E-state index is 0.390. The van der Waals surface area contributed by atoms with Crippen LogP contribution in [0.4, 0.5) is 18.9 Å². The molecule has 0 unspecified atom stereocenters. The SMILES string of the molecule is COC(=O)c1cc(N(O)O)ccc1C(F)(F)F. The topological polar surface area (TPSA) is 70.0 Å². The average molecular weight is 251 g/mol. The Labute approximate surface area is 93.6 Å². The first-order valence-electron chi connectivity index (χ1n) is 4.25. The number of alkyl halides is 3. The van der Waals surface area contributed by atoms with Crippen LogP contribution in [-0.4, -0.2) is 23.5 Å². The number of nitrogens with zero attached hydrogens (tertiary/aromatic N) is 1. The van der Waals surface area contributed by atoms with E-state index in [0.717, 1.165) is 13.2 Å². The number of ether oxygens (including phenoxy) is 1. The van der Waals surface area contributed by atoms with Gasteiger partial charge in [0.2, 0.25) is 0 Å². The molecule has 5 nitrogen and oxygen atoms in total. The van der Waals surface area contributed by atoms with Gasteiger partial charge in [0.25, 0.3) is 0 Å².